The zero-order valence-corrected chi connectivity index (χ0v) is 16.3. The molecule has 0 fully saturated rings. The molecule has 0 bridgehead atoms. The summed E-state index contributed by atoms with van der Waals surface area (Å²) in [6.07, 6.45) is 1.51. The van der Waals surface area contributed by atoms with Gasteiger partial charge in [0.05, 0.1) is 17.6 Å². The van der Waals surface area contributed by atoms with Crippen LogP contribution in [0.4, 0.5) is 20.3 Å². The van der Waals surface area contributed by atoms with Gasteiger partial charge in [-0.15, -0.1) is 0 Å². The van der Waals surface area contributed by atoms with Gasteiger partial charge < -0.3 is 20.1 Å². The number of rotatable bonds is 5. The second kappa shape index (κ2) is 7.46. The number of fused-ring (bicyclic) bond motifs is 3. The van der Waals surface area contributed by atoms with Gasteiger partial charge in [0.2, 0.25) is 11.7 Å². The fourth-order valence-electron chi connectivity index (χ4n) is 4.06. The topological polar surface area (TPSA) is 112 Å². The number of aryl methyl sites for hydroxylation is 1. The SMILES string of the molecule is Nc1ncnc2c3c(n(-c4ccc(NC(=O)Cc5cc(C(F)F)on5)cc4)c12)CCC3. The van der Waals surface area contributed by atoms with Crippen LogP contribution in [0.25, 0.3) is 16.7 Å². The number of nitrogen functional groups attached to an aromatic ring is 1. The maximum Gasteiger partial charge on any atom is 0.298 e. The van der Waals surface area contributed by atoms with Crippen LogP contribution in [0.1, 0.15) is 35.6 Å². The summed E-state index contributed by atoms with van der Waals surface area (Å²) >= 11 is 0. The summed E-state index contributed by atoms with van der Waals surface area (Å²) in [6, 6.07) is 8.38. The monoisotopic (exact) mass is 424 g/mol. The number of nitrogens with one attached hydrogen (secondary N) is 1. The molecule has 1 aromatic carbocycles. The quantitative estimate of drug-likeness (QED) is 0.506. The molecule has 3 N–H and O–H groups in total. The highest BCUT2D eigenvalue weighted by atomic mass is 19.3. The number of alkyl halides is 2. The lowest BCUT2D eigenvalue weighted by Crippen LogP contribution is -2.14. The number of carbonyl (C=O) groups excluding carboxylic acids is 1. The summed E-state index contributed by atoms with van der Waals surface area (Å²) in [5.41, 5.74) is 11.8. The molecule has 31 heavy (non-hydrogen) atoms. The largest absolute Gasteiger partial charge is 0.382 e. The lowest BCUT2D eigenvalue weighted by atomic mass is 10.2. The number of carbonyl (C=O) groups is 1. The molecule has 3 heterocycles. The second-order valence-corrected chi connectivity index (χ2v) is 7.36. The van der Waals surface area contributed by atoms with Crippen LogP contribution in [0.15, 0.2) is 41.2 Å². The fourth-order valence-corrected chi connectivity index (χ4v) is 4.06. The summed E-state index contributed by atoms with van der Waals surface area (Å²) in [4.78, 5) is 20.8. The van der Waals surface area contributed by atoms with Gasteiger partial charge in [-0.2, -0.15) is 0 Å². The molecule has 8 nitrogen and oxygen atoms in total. The van der Waals surface area contributed by atoms with Crippen LogP contribution in [-0.2, 0) is 24.1 Å². The molecule has 0 radical (unpaired) electrons. The fraction of sp³-hybridized carbons (Fsp3) is 0.238. The van der Waals surface area contributed by atoms with Crippen LogP contribution in [-0.4, -0.2) is 25.6 Å². The summed E-state index contributed by atoms with van der Waals surface area (Å²) in [5.74, 6) is -0.513. The highest BCUT2D eigenvalue weighted by molar-refractivity contribution is 5.93. The van der Waals surface area contributed by atoms with E-state index in [0.717, 1.165) is 42.0 Å². The van der Waals surface area contributed by atoms with Crippen LogP contribution in [0.3, 0.4) is 0 Å². The average Bonchev–Trinajstić information content (AvgIpc) is 3.45. The van der Waals surface area contributed by atoms with E-state index in [9.17, 15) is 13.6 Å². The summed E-state index contributed by atoms with van der Waals surface area (Å²) in [7, 11) is 0. The standard InChI is InChI=1S/C21H18F2N6O2/c22-20(23)16-8-12(28-31-16)9-17(30)27-11-4-6-13(7-5-11)29-15-3-1-2-14(15)18-19(29)21(24)26-10-25-18/h4-8,10,20H,1-3,9H2,(H,27,30)(H2,24,25,26). The number of halogens is 2. The van der Waals surface area contributed by atoms with Crippen molar-refractivity contribution in [3.63, 3.8) is 0 Å². The van der Waals surface area contributed by atoms with E-state index < -0.39 is 12.2 Å². The first-order valence-corrected chi connectivity index (χ1v) is 9.78. The Balaban J connectivity index is 1.38. The first-order chi connectivity index (χ1) is 15.0. The number of aromatic nitrogens is 4. The van der Waals surface area contributed by atoms with Crippen molar-refractivity contribution < 1.29 is 18.1 Å². The average molecular weight is 424 g/mol. The third-order valence-corrected chi connectivity index (χ3v) is 5.36. The molecule has 0 aliphatic heterocycles. The number of hydrogen-bond acceptors (Lipinski definition) is 6. The van der Waals surface area contributed by atoms with E-state index in [1.165, 1.54) is 17.6 Å². The van der Waals surface area contributed by atoms with Gasteiger partial charge in [0.25, 0.3) is 6.43 Å². The molecule has 158 valence electrons. The van der Waals surface area contributed by atoms with Crippen molar-refractivity contribution in [1.29, 1.82) is 0 Å². The smallest absolute Gasteiger partial charge is 0.298 e. The molecule has 3 aromatic heterocycles. The van der Waals surface area contributed by atoms with E-state index >= 15 is 0 Å². The second-order valence-electron chi connectivity index (χ2n) is 7.36. The Morgan fingerprint density at radius 3 is 2.77 bits per heavy atom. The molecule has 4 aromatic rings. The first kappa shape index (κ1) is 19.2. The maximum absolute atomic E-state index is 12.6. The van der Waals surface area contributed by atoms with Gasteiger partial charge in [-0.25, -0.2) is 18.7 Å². The number of hydrogen-bond donors (Lipinski definition) is 2. The van der Waals surface area contributed by atoms with Crippen molar-refractivity contribution in [2.45, 2.75) is 32.1 Å². The third kappa shape index (κ3) is 3.39. The molecule has 0 saturated carbocycles. The molecule has 10 heteroatoms. The highest BCUT2D eigenvalue weighted by Crippen LogP contribution is 2.36. The van der Waals surface area contributed by atoms with Gasteiger partial charge in [0, 0.05) is 23.1 Å². The van der Waals surface area contributed by atoms with E-state index in [0.29, 0.717) is 11.5 Å². The number of benzene rings is 1. The van der Waals surface area contributed by atoms with Gasteiger partial charge in [0.1, 0.15) is 11.8 Å². The van der Waals surface area contributed by atoms with Crippen LogP contribution in [0.5, 0.6) is 0 Å². The minimum absolute atomic E-state index is 0.147. The number of nitrogens with two attached hydrogens (primary N) is 1. The van der Waals surface area contributed by atoms with E-state index in [4.69, 9.17) is 5.73 Å². The number of amides is 1. The van der Waals surface area contributed by atoms with Crippen molar-refractivity contribution >= 4 is 28.4 Å². The van der Waals surface area contributed by atoms with E-state index in [-0.39, 0.29) is 18.0 Å². The summed E-state index contributed by atoms with van der Waals surface area (Å²) in [5, 5.41) is 6.23. The Morgan fingerprint density at radius 2 is 2.03 bits per heavy atom. The first-order valence-electron chi connectivity index (χ1n) is 9.78. The van der Waals surface area contributed by atoms with Gasteiger partial charge in [-0.1, -0.05) is 5.16 Å². The molecule has 0 saturated heterocycles. The van der Waals surface area contributed by atoms with E-state index in [1.807, 2.05) is 12.1 Å². The molecule has 0 spiro atoms. The molecular weight excluding hydrogens is 406 g/mol. The Bertz CT molecular complexity index is 1280. The van der Waals surface area contributed by atoms with E-state index in [1.54, 1.807) is 12.1 Å². The van der Waals surface area contributed by atoms with Crippen molar-refractivity contribution in [2.75, 3.05) is 11.1 Å². The molecule has 5 rings (SSSR count). The van der Waals surface area contributed by atoms with Crippen molar-refractivity contribution in [3.8, 4) is 5.69 Å². The van der Waals surface area contributed by atoms with Crippen LogP contribution in [0.2, 0.25) is 0 Å². The Morgan fingerprint density at radius 1 is 1.23 bits per heavy atom. The Labute approximate surface area is 175 Å². The zero-order chi connectivity index (χ0) is 21.5. The van der Waals surface area contributed by atoms with Crippen LogP contribution in [0, 0.1) is 0 Å². The van der Waals surface area contributed by atoms with Crippen LogP contribution < -0.4 is 11.1 Å². The molecule has 0 atom stereocenters. The maximum atomic E-state index is 12.6. The molecule has 0 unspecified atom stereocenters. The summed E-state index contributed by atoms with van der Waals surface area (Å²) in [6.45, 7) is 0. The molecule has 1 amide bonds. The van der Waals surface area contributed by atoms with Crippen molar-refractivity contribution in [3.05, 3.63) is 59.4 Å². The lowest BCUT2D eigenvalue weighted by molar-refractivity contribution is -0.115. The Kier molecular flexibility index (Phi) is 4.61. The van der Waals surface area contributed by atoms with Gasteiger partial charge in [-0.3, -0.25) is 4.79 Å². The summed E-state index contributed by atoms with van der Waals surface area (Å²) < 4.78 is 31.7. The van der Waals surface area contributed by atoms with Gasteiger partial charge >= 0.3 is 0 Å². The number of anilines is 2. The lowest BCUT2D eigenvalue weighted by Gasteiger charge is -2.11. The highest BCUT2D eigenvalue weighted by Gasteiger charge is 2.25. The predicted octanol–water partition coefficient (Wildman–Crippen LogP) is 3.60. The Hall–Kier alpha value is -3.82. The van der Waals surface area contributed by atoms with E-state index in [2.05, 4.69) is 29.5 Å². The molecule has 1 aliphatic rings. The zero-order valence-electron chi connectivity index (χ0n) is 16.3. The predicted molar refractivity (Wildman–Crippen MR) is 109 cm³/mol. The number of nitrogens with zero attached hydrogens (tertiary/aromatic N) is 4. The normalized spacial score (nSPS) is 13.1. The van der Waals surface area contributed by atoms with Crippen molar-refractivity contribution in [2.24, 2.45) is 0 Å². The van der Waals surface area contributed by atoms with Gasteiger partial charge in [-0.05, 0) is 49.1 Å². The molecule has 1 aliphatic carbocycles. The minimum Gasteiger partial charge on any atom is -0.382 e. The van der Waals surface area contributed by atoms with Gasteiger partial charge in [0.15, 0.2) is 5.82 Å². The van der Waals surface area contributed by atoms with Crippen molar-refractivity contribution in [1.82, 2.24) is 19.7 Å². The minimum atomic E-state index is -2.76. The third-order valence-electron chi connectivity index (χ3n) is 5.36. The van der Waals surface area contributed by atoms with Crippen LogP contribution >= 0.6 is 0 Å². The molecular formula is C21H18F2N6O2.